The van der Waals surface area contributed by atoms with Crippen molar-refractivity contribution in [2.75, 3.05) is 6.79 Å². The molecule has 1 aromatic carbocycles. The quantitative estimate of drug-likeness (QED) is 0.924. The van der Waals surface area contributed by atoms with E-state index in [2.05, 4.69) is 15.9 Å². The summed E-state index contributed by atoms with van der Waals surface area (Å²) in [7, 11) is 0. The van der Waals surface area contributed by atoms with Gasteiger partial charge in [0.2, 0.25) is 6.79 Å². The molecule has 0 spiro atoms. The molecule has 0 aliphatic carbocycles. The zero-order valence-corrected chi connectivity index (χ0v) is 10.1. The van der Waals surface area contributed by atoms with Crippen LogP contribution in [0.25, 0.3) is 0 Å². The molecule has 0 radical (unpaired) electrons. The maximum absolute atomic E-state index is 10.4. The van der Waals surface area contributed by atoms with Crippen LogP contribution in [0.15, 0.2) is 16.6 Å². The second-order valence-electron chi connectivity index (χ2n) is 3.54. The predicted octanol–water partition coefficient (Wildman–Crippen LogP) is 2.59. The molecular formula is C11H11BrO4. The standard InChI is InChI=1S/C11H11BrO4/c12-8-5-10-9(15-6-16-10)4-7(8)2-1-3-11(13)14/h4-5H,1-3,6H2,(H,13,14). The van der Waals surface area contributed by atoms with Crippen molar-refractivity contribution in [1.29, 1.82) is 0 Å². The van der Waals surface area contributed by atoms with Crippen molar-refractivity contribution in [2.24, 2.45) is 0 Å². The van der Waals surface area contributed by atoms with Crippen LogP contribution in [0.1, 0.15) is 18.4 Å². The first-order chi connectivity index (χ1) is 7.66. The van der Waals surface area contributed by atoms with Gasteiger partial charge in [-0.25, -0.2) is 0 Å². The van der Waals surface area contributed by atoms with Crippen LogP contribution in [0.2, 0.25) is 0 Å². The molecule has 0 atom stereocenters. The fourth-order valence-electron chi connectivity index (χ4n) is 1.58. The van der Waals surface area contributed by atoms with Gasteiger partial charge < -0.3 is 14.6 Å². The molecule has 0 unspecified atom stereocenters. The van der Waals surface area contributed by atoms with Gasteiger partial charge in [0.25, 0.3) is 0 Å². The Kier molecular flexibility index (Phi) is 3.33. The zero-order chi connectivity index (χ0) is 11.5. The summed E-state index contributed by atoms with van der Waals surface area (Å²) in [6, 6.07) is 3.76. The summed E-state index contributed by atoms with van der Waals surface area (Å²) in [6.07, 6.45) is 1.51. The zero-order valence-electron chi connectivity index (χ0n) is 8.53. The number of benzene rings is 1. The minimum absolute atomic E-state index is 0.181. The number of hydrogen-bond donors (Lipinski definition) is 1. The molecule has 2 rings (SSSR count). The third-order valence-corrected chi connectivity index (χ3v) is 3.12. The topological polar surface area (TPSA) is 55.8 Å². The fraction of sp³-hybridized carbons (Fsp3) is 0.364. The first-order valence-electron chi connectivity index (χ1n) is 4.96. The van der Waals surface area contributed by atoms with Crippen molar-refractivity contribution >= 4 is 21.9 Å². The average Bonchev–Trinajstić information content (AvgIpc) is 2.64. The van der Waals surface area contributed by atoms with Gasteiger partial charge in [-0.3, -0.25) is 4.79 Å². The van der Waals surface area contributed by atoms with Crippen molar-refractivity contribution in [3.63, 3.8) is 0 Å². The van der Waals surface area contributed by atoms with Crippen LogP contribution in [0, 0.1) is 0 Å². The minimum Gasteiger partial charge on any atom is -0.481 e. The lowest BCUT2D eigenvalue weighted by Crippen LogP contribution is -1.96. The third kappa shape index (κ3) is 2.47. The number of carbonyl (C=O) groups is 1. The molecule has 1 aliphatic heterocycles. The highest BCUT2D eigenvalue weighted by atomic mass is 79.9. The summed E-state index contributed by atoms with van der Waals surface area (Å²) in [5, 5.41) is 8.56. The number of ether oxygens (including phenoxy) is 2. The van der Waals surface area contributed by atoms with E-state index >= 15 is 0 Å². The van der Waals surface area contributed by atoms with E-state index in [1.807, 2.05) is 12.1 Å². The maximum Gasteiger partial charge on any atom is 0.303 e. The molecule has 0 aromatic heterocycles. The Labute approximate surface area is 101 Å². The summed E-state index contributed by atoms with van der Waals surface area (Å²) in [6.45, 7) is 0.250. The molecule has 86 valence electrons. The van der Waals surface area contributed by atoms with Crippen LogP contribution < -0.4 is 9.47 Å². The number of halogens is 1. The van der Waals surface area contributed by atoms with E-state index in [4.69, 9.17) is 14.6 Å². The van der Waals surface area contributed by atoms with E-state index in [0.717, 1.165) is 21.5 Å². The summed E-state index contributed by atoms with van der Waals surface area (Å²) in [5.41, 5.74) is 1.05. The number of carboxylic acid groups (broad SMARTS) is 1. The first kappa shape index (κ1) is 11.3. The second kappa shape index (κ2) is 4.74. The number of carboxylic acids is 1. The van der Waals surface area contributed by atoms with E-state index in [1.54, 1.807) is 0 Å². The van der Waals surface area contributed by atoms with Crippen LogP contribution in [0.4, 0.5) is 0 Å². The first-order valence-corrected chi connectivity index (χ1v) is 5.76. The molecule has 0 bridgehead atoms. The number of aryl methyl sites for hydroxylation is 1. The molecule has 0 saturated heterocycles. The summed E-state index contributed by atoms with van der Waals surface area (Å²) in [5.74, 6) is 0.694. The highest BCUT2D eigenvalue weighted by molar-refractivity contribution is 9.10. The Morgan fingerprint density at radius 3 is 2.75 bits per heavy atom. The van der Waals surface area contributed by atoms with Gasteiger partial charge in [0.15, 0.2) is 11.5 Å². The monoisotopic (exact) mass is 286 g/mol. The Morgan fingerprint density at radius 1 is 1.38 bits per heavy atom. The van der Waals surface area contributed by atoms with Crippen LogP contribution in [-0.4, -0.2) is 17.9 Å². The van der Waals surface area contributed by atoms with Gasteiger partial charge in [-0.15, -0.1) is 0 Å². The minimum atomic E-state index is -0.767. The van der Waals surface area contributed by atoms with Gasteiger partial charge in [0, 0.05) is 10.9 Å². The molecular weight excluding hydrogens is 276 g/mol. The Morgan fingerprint density at radius 2 is 2.06 bits per heavy atom. The van der Waals surface area contributed by atoms with E-state index in [1.165, 1.54) is 0 Å². The Balaban J connectivity index is 2.06. The molecule has 1 aliphatic rings. The van der Waals surface area contributed by atoms with Gasteiger partial charge in [0.1, 0.15) is 0 Å². The van der Waals surface area contributed by atoms with Gasteiger partial charge in [0.05, 0.1) is 0 Å². The Hall–Kier alpha value is -1.23. The number of rotatable bonds is 4. The smallest absolute Gasteiger partial charge is 0.303 e. The lowest BCUT2D eigenvalue weighted by Gasteiger charge is -2.05. The number of hydrogen-bond acceptors (Lipinski definition) is 3. The summed E-state index contributed by atoms with van der Waals surface area (Å²) >= 11 is 3.43. The van der Waals surface area contributed by atoms with Crippen LogP contribution in [-0.2, 0) is 11.2 Å². The Bertz CT molecular complexity index is 417. The SMILES string of the molecule is O=C(O)CCCc1cc2c(cc1Br)OCO2. The van der Waals surface area contributed by atoms with Crippen molar-refractivity contribution < 1.29 is 19.4 Å². The van der Waals surface area contributed by atoms with E-state index in [9.17, 15) is 4.79 Å². The van der Waals surface area contributed by atoms with Crippen molar-refractivity contribution in [2.45, 2.75) is 19.3 Å². The highest BCUT2D eigenvalue weighted by Gasteiger charge is 2.16. The molecule has 1 heterocycles. The maximum atomic E-state index is 10.4. The summed E-state index contributed by atoms with van der Waals surface area (Å²) in [4.78, 5) is 10.4. The van der Waals surface area contributed by atoms with Crippen molar-refractivity contribution in [1.82, 2.24) is 0 Å². The molecule has 16 heavy (non-hydrogen) atoms. The predicted molar refractivity (Wildman–Crippen MR) is 60.8 cm³/mol. The molecule has 0 fully saturated rings. The highest BCUT2D eigenvalue weighted by Crippen LogP contribution is 2.37. The van der Waals surface area contributed by atoms with E-state index in [-0.39, 0.29) is 13.2 Å². The molecule has 5 heteroatoms. The average molecular weight is 287 g/mol. The van der Waals surface area contributed by atoms with Gasteiger partial charge in [-0.05, 0) is 30.5 Å². The molecule has 0 amide bonds. The van der Waals surface area contributed by atoms with Gasteiger partial charge >= 0.3 is 5.97 Å². The van der Waals surface area contributed by atoms with Crippen molar-refractivity contribution in [3.8, 4) is 11.5 Å². The van der Waals surface area contributed by atoms with Gasteiger partial charge in [-0.2, -0.15) is 0 Å². The van der Waals surface area contributed by atoms with Crippen LogP contribution in [0.3, 0.4) is 0 Å². The summed E-state index contributed by atoms with van der Waals surface area (Å²) < 4.78 is 11.4. The third-order valence-electron chi connectivity index (χ3n) is 2.38. The van der Waals surface area contributed by atoms with Crippen LogP contribution in [0.5, 0.6) is 11.5 Å². The molecule has 1 aromatic rings. The lowest BCUT2D eigenvalue weighted by molar-refractivity contribution is -0.137. The van der Waals surface area contributed by atoms with Crippen molar-refractivity contribution in [3.05, 3.63) is 22.2 Å². The largest absolute Gasteiger partial charge is 0.481 e. The van der Waals surface area contributed by atoms with Gasteiger partial charge in [-0.1, -0.05) is 15.9 Å². The fourth-order valence-corrected chi connectivity index (χ4v) is 2.10. The van der Waals surface area contributed by atoms with E-state index < -0.39 is 5.97 Å². The van der Waals surface area contributed by atoms with Crippen LogP contribution >= 0.6 is 15.9 Å². The lowest BCUT2D eigenvalue weighted by atomic mass is 10.1. The van der Waals surface area contributed by atoms with E-state index in [0.29, 0.717) is 12.8 Å². The molecule has 0 saturated carbocycles. The molecule has 4 nitrogen and oxygen atoms in total. The number of aliphatic carboxylic acids is 1. The normalized spacial score (nSPS) is 12.8. The molecule has 1 N–H and O–H groups in total. The second-order valence-corrected chi connectivity index (χ2v) is 4.40. The number of fused-ring (bicyclic) bond motifs is 1.